The standard InChI is InChI=1S/C8H14O2.C6H10O3/c1-4-5-6-10-8(9)7(2)3;1-3-6(7)9-5-4-8-2/h2,4-6H2,1,3H3;3H,1,4-5H2,2H3. The molecule has 0 aromatic rings. The van der Waals surface area contributed by atoms with Crippen molar-refractivity contribution < 1.29 is 23.8 Å². The molecule has 0 unspecified atom stereocenters. The Labute approximate surface area is 115 Å². The summed E-state index contributed by atoms with van der Waals surface area (Å²) in [5.74, 6) is -0.694. The summed E-state index contributed by atoms with van der Waals surface area (Å²) in [5.41, 5.74) is 0.469. The third-order valence-electron chi connectivity index (χ3n) is 1.78. The first kappa shape index (κ1) is 19.7. The molecule has 0 spiro atoms. The number of esters is 2. The summed E-state index contributed by atoms with van der Waals surface area (Å²) < 4.78 is 14.0. The zero-order valence-electron chi connectivity index (χ0n) is 12.1. The molecule has 5 heteroatoms. The van der Waals surface area contributed by atoms with E-state index in [2.05, 4.69) is 29.6 Å². The van der Waals surface area contributed by atoms with Crippen LogP contribution in [0.1, 0.15) is 26.7 Å². The first-order valence-corrected chi connectivity index (χ1v) is 6.10. The van der Waals surface area contributed by atoms with Gasteiger partial charge in [-0.3, -0.25) is 0 Å². The monoisotopic (exact) mass is 272 g/mol. The third-order valence-corrected chi connectivity index (χ3v) is 1.78. The molecule has 0 rings (SSSR count). The molecule has 0 aliphatic rings. The van der Waals surface area contributed by atoms with Crippen LogP contribution < -0.4 is 0 Å². The van der Waals surface area contributed by atoms with Crippen LogP contribution in [0.15, 0.2) is 24.8 Å². The van der Waals surface area contributed by atoms with Crippen molar-refractivity contribution in [2.24, 2.45) is 0 Å². The summed E-state index contributed by atoms with van der Waals surface area (Å²) in [7, 11) is 1.54. The van der Waals surface area contributed by atoms with Gasteiger partial charge < -0.3 is 14.2 Å². The molecule has 19 heavy (non-hydrogen) atoms. The van der Waals surface area contributed by atoms with Gasteiger partial charge in [-0.1, -0.05) is 26.5 Å². The Hall–Kier alpha value is -1.62. The van der Waals surface area contributed by atoms with Crippen LogP contribution in [0.3, 0.4) is 0 Å². The number of rotatable bonds is 8. The van der Waals surface area contributed by atoms with Crippen molar-refractivity contribution >= 4 is 11.9 Å². The lowest BCUT2D eigenvalue weighted by atomic mass is 10.3. The minimum atomic E-state index is -0.410. The fraction of sp³-hybridized carbons (Fsp3) is 0.571. The van der Waals surface area contributed by atoms with Gasteiger partial charge in [0.2, 0.25) is 0 Å². The lowest BCUT2D eigenvalue weighted by Crippen LogP contribution is -2.06. The lowest BCUT2D eigenvalue weighted by Gasteiger charge is -2.01. The average Bonchev–Trinajstić information content (AvgIpc) is 2.39. The molecule has 0 saturated heterocycles. The topological polar surface area (TPSA) is 61.8 Å². The molecule has 0 aromatic heterocycles. The van der Waals surface area contributed by atoms with Gasteiger partial charge in [0.1, 0.15) is 6.61 Å². The zero-order chi connectivity index (χ0) is 15.1. The van der Waals surface area contributed by atoms with Crippen molar-refractivity contribution in [3.8, 4) is 0 Å². The molecule has 0 N–H and O–H groups in total. The molecule has 5 nitrogen and oxygen atoms in total. The van der Waals surface area contributed by atoms with Gasteiger partial charge in [-0.05, 0) is 13.3 Å². The van der Waals surface area contributed by atoms with E-state index in [1.807, 2.05) is 0 Å². The van der Waals surface area contributed by atoms with Gasteiger partial charge >= 0.3 is 11.9 Å². The minimum Gasteiger partial charge on any atom is -0.462 e. The third kappa shape index (κ3) is 16.4. The van der Waals surface area contributed by atoms with Crippen molar-refractivity contribution in [1.82, 2.24) is 0 Å². The highest BCUT2D eigenvalue weighted by atomic mass is 16.6. The highest BCUT2D eigenvalue weighted by Gasteiger charge is 2.00. The maximum Gasteiger partial charge on any atom is 0.333 e. The molecular formula is C14H24O5. The largest absolute Gasteiger partial charge is 0.462 e. The highest BCUT2D eigenvalue weighted by Crippen LogP contribution is 1.94. The van der Waals surface area contributed by atoms with Crippen LogP contribution in [0.5, 0.6) is 0 Å². The van der Waals surface area contributed by atoms with Crippen LogP contribution >= 0.6 is 0 Å². The minimum absolute atomic E-state index is 0.284. The van der Waals surface area contributed by atoms with Gasteiger partial charge in [-0.2, -0.15) is 0 Å². The normalized spacial score (nSPS) is 8.79. The maximum atomic E-state index is 10.7. The van der Waals surface area contributed by atoms with Crippen molar-refractivity contribution in [2.75, 3.05) is 26.9 Å². The SMILES string of the molecule is C=C(C)C(=O)OCCCC.C=CC(=O)OCCOC. The smallest absolute Gasteiger partial charge is 0.333 e. The van der Waals surface area contributed by atoms with Gasteiger partial charge in [-0.25, -0.2) is 9.59 Å². The second-order valence-electron chi connectivity index (χ2n) is 3.63. The van der Waals surface area contributed by atoms with Gasteiger partial charge in [0, 0.05) is 18.8 Å². The molecule has 0 radical (unpaired) electrons. The van der Waals surface area contributed by atoms with Crippen molar-refractivity contribution in [2.45, 2.75) is 26.7 Å². The van der Waals surface area contributed by atoms with Crippen molar-refractivity contribution in [3.63, 3.8) is 0 Å². The van der Waals surface area contributed by atoms with Crippen LogP contribution in [0.25, 0.3) is 0 Å². The summed E-state index contributed by atoms with van der Waals surface area (Å²) in [5, 5.41) is 0. The molecule has 0 aromatic carbocycles. The molecule has 0 saturated carbocycles. The van der Waals surface area contributed by atoms with Gasteiger partial charge in [0.15, 0.2) is 0 Å². The van der Waals surface area contributed by atoms with E-state index < -0.39 is 5.97 Å². The van der Waals surface area contributed by atoms with Crippen LogP contribution in [-0.2, 0) is 23.8 Å². The van der Waals surface area contributed by atoms with Crippen LogP contribution in [0.2, 0.25) is 0 Å². The average molecular weight is 272 g/mol. The zero-order valence-corrected chi connectivity index (χ0v) is 12.1. The molecule has 0 atom stereocenters. The van der Waals surface area contributed by atoms with E-state index in [-0.39, 0.29) is 5.97 Å². The van der Waals surface area contributed by atoms with Gasteiger partial charge in [0.05, 0.1) is 13.2 Å². The molecule has 0 bridgehead atoms. The Morgan fingerprint density at radius 3 is 2.21 bits per heavy atom. The quantitative estimate of drug-likeness (QED) is 0.385. The summed E-state index contributed by atoms with van der Waals surface area (Å²) >= 11 is 0. The fourth-order valence-corrected chi connectivity index (χ4v) is 0.717. The second-order valence-corrected chi connectivity index (χ2v) is 3.63. The Balaban J connectivity index is 0. The number of carbonyl (C=O) groups excluding carboxylic acids is 2. The second kappa shape index (κ2) is 14.4. The summed E-state index contributed by atoms with van der Waals surface area (Å²) in [6.45, 7) is 11.6. The lowest BCUT2D eigenvalue weighted by molar-refractivity contribution is -0.139. The molecule has 0 amide bonds. The first-order chi connectivity index (χ1) is 8.99. The Kier molecular flexibility index (Phi) is 15.0. The molecule has 0 heterocycles. The van der Waals surface area contributed by atoms with E-state index in [4.69, 9.17) is 4.74 Å². The maximum absolute atomic E-state index is 10.7. The Morgan fingerprint density at radius 1 is 1.16 bits per heavy atom. The molecule has 0 fully saturated rings. The van der Waals surface area contributed by atoms with E-state index in [1.54, 1.807) is 14.0 Å². The van der Waals surface area contributed by atoms with E-state index in [1.165, 1.54) is 0 Å². The summed E-state index contributed by atoms with van der Waals surface area (Å²) in [6.07, 6.45) is 3.10. The van der Waals surface area contributed by atoms with E-state index >= 15 is 0 Å². The molecule has 0 aliphatic heterocycles. The van der Waals surface area contributed by atoms with Gasteiger partial charge in [-0.15, -0.1) is 0 Å². The van der Waals surface area contributed by atoms with E-state index in [0.29, 0.717) is 25.4 Å². The number of hydrogen-bond donors (Lipinski definition) is 0. The fourth-order valence-electron chi connectivity index (χ4n) is 0.717. The summed E-state index contributed by atoms with van der Waals surface area (Å²) in [4.78, 5) is 21.0. The number of methoxy groups -OCH3 is 1. The first-order valence-electron chi connectivity index (χ1n) is 6.10. The Bertz CT molecular complexity index is 284. The number of unbranched alkanes of at least 4 members (excludes halogenated alkanes) is 1. The van der Waals surface area contributed by atoms with Crippen molar-refractivity contribution in [1.29, 1.82) is 0 Å². The van der Waals surface area contributed by atoms with Gasteiger partial charge in [0.25, 0.3) is 0 Å². The molecule has 110 valence electrons. The number of hydrogen-bond acceptors (Lipinski definition) is 5. The molecule has 0 aliphatic carbocycles. The van der Waals surface area contributed by atoms with Crippen LogP contribution in [0, 0.1) is 0 Å². The number of ether oxygens (including phenoxy) is 3. The Morgan fingerprint density at radius 2 is 1.79 bits per heavy atom. The van der Waals surface area contributed by atoms with Crippen LogP contribution in [0.4, 0.5) is 0 Å². The van der Waals surface area contributed by atoms with E-state index in [0.717, 1.165) is 18.9 Å². The number of carbonyl (C=O) groups is 2. The summed E-state index contributed by atoms with van der Waals surface area (Å²) in [6, 6.07) is 0. The van der Waals surface area contributed by atoms with Crippen molar-refractivity contribution in [3.05, 3.63) is 24.8 Å². The predicted molar refractivity (Wildman–Crippen MR) is 73.7 cm³/mol. The van der Waals surface area contributed by atoms with Crippen LogP contribution in [-0.4, -0.2) is 38.9 Å². The predicted octanol–water partition coefficient (Wildman–Crippen LogP) is 2.27. The molecular weight excluding hydrogens is 248 g/mol. The van der Waals surface area contributed by atoms with E-state index in [9.17, 15) is 9.59 Å². The highest BCUT2D eigenvalue weighted by molar-refractivity contribution is 5.86.